The van der Waals surface area contributed by atoms with E-state index in [1.54, 1.807) is 12.3 Å². The third-order valence-electron chi connectivity index (χ3n) is 5.21. The van der Waals surface area contributed by atoms with Gasteiger partial charge in [0.15, 0.2) is 5.82 Å². The van der Waals surface area contributed by atoms with Gasteiger partial charge in [0.2, 0.25) is 0 Å². The summed E-state index contributed by atoms with van der Waals surface area (Å²) in [5.74, 6) is -0.0927. The highest BCUT2D eigenvalue weighted by molar-refractivity contribution is 6.00. The molecule has 1 aromatic carbocycles. The second kappa shape index (κ2) is 7.47. The Morgan fingerprint density at radius 3 is 2.55 bits per heavy atom. The van der Waals surface area contributed by atoms with E-state index in [0.29, 0.717) is 29.1 Å². The first-order valence-electron chi connectivity index (χ1n) is 9.30. The first-order valence-corrected chi connectivity index (χ1v) is 9.30. The number of alkyl halides is 3. The molecular formula is C20H19F3N4O2. The van der Waals surface area contributed by atoms with E-state index in [9.17, 15) is 23.4 Å². The van der Waals surface area contributed by atoms with E-state index in [1.807, 2.05) is 0 Å². The Balaban J connectivity index is 1.76. The highest BCUT2D eigenvalue weighted by atomic mass is 19.4. The molecule has 0 amide bonds. The molecule has 4 rings (SSSR count). The summed E-state index contributed by atoms with van der Waals surface area (Å²) in [5.41, 5.74) is -0.545. The van der Waals surface area contributed by atoms with Crippen molar-refractivity contribution in [3.63, 3.8) is 0 Å². The zero-order valence-electron chi connectivity index (χ0n) is 15.3. The number of phenolic OH excluding ortho intramolecular Hbond substituents is 1. The minimum absolute atomic E-state index is 0.144. The lowest BCUT2D eigenvalue weighted by atomic mass is 9.92. The van der Waals surface area contributed by atoms with Crippen molar-refractivity contribution in [1.82, 2.24) is 15.2 Å². The average Bonchev–Trinajstić information content (AvgIpc) is 2.69. The zero-order valence-corrected chi connectivity index (χ0v) is 15.3. The molecule has 0 saturated heterocycles. The lowest BCUT2D eigenvalue weighted by molar-refractivity contribution is -0.137. The fourth-order valence-electron chi connectivity index (χ4n) is 3.67. The molecule has 0 spiro atoms. The van der Waals surface area contributed by atoms with Crippen LogP contribution in [0.2, 0.25) is 0 Å². The van der Waals surface area contributed by atoms with E-state index in [2.05, 4.69) is 20.5 Å². The summed E-state index contributed by atoms with van der Waals surface area (Å²) < 4.78 is 38.7. The van der Waals surface area contributed by atoms with E-state index in [-0.39, 0.29) is 17.3 Å². The van der Waals surface area contributed by atoms with Gasteiger partial charge in [-0.2, -0.15) is 13.2 Å². The van der Waals surface area contributed by atoms with Crippen LogP contribution in [0.1, 0.15) is 31.2 Å². The van der Waals surface area contributed by atoms with Gasteiger partial charge in [-0.1, -0.05) is 12.8 Å². The number of hydrogen-bond donors (Lipinski definition) is 3. The number of aliphatic hydroxyl groups excluding tert-OH is 1. The van der Waals surface area contributed by atoms with Gasteiger partial charge in [-0.3, -0.25) is 4.98 Å². The maximum Gasteiger partial charge on any atom is 0.416 e. The molecule has 3 aromatic rings. The minimum Gasteiger partial charge on any atom is -0.507 e. The predicted octanol–water partition coefficient (Wildman–Crippen LogP) is 4.13. The number of hydrogen-bond acceptors (Lipinski definition) is 6. The van der Waals surface area contributed by atoms with Crippen LogP contribution in [0.4, 0.5) is 19.0 Å². The summed E-state index contributed by atoms with van der Waals surface area (Å²) >= 11 is 0. The molecule has 0 radical (unpaired) electrons. The number of phenols is 1. The maximum absolute atomic E-state index is 12.9. The summed E-state index contributed by atoms with van der Waals surface area (Å²) in [6.45, 7) is 0. The molecule has 29 heavy (non-hydrogen) atoms. The summed E-state index contributed by atoms with van der Waals surface area (Å²) in [7, 11) is 0. The standard InChI is InChI=1S/C20H19F3N4O2/c21-20(22,23)11-5-6-13(17(29)9-11)18-12-7-8-24-10-14(12)19(27-26-18)25-15-3-1-2-4-16(15)28/h5-10,15-16,28-29H,1-4H2,(H,25,27)/t15-,16-/m0/s1. The number of halogens is 3. The monoisotopic (exact) mass is 404 g/mol. The van der Waals surface area contributed by atoms with Crippen LogP contribution in [-0.2, 0) is 6.18 Å². The Kier molecular flexibility index (Phi) is 4.99. The van der Waals surface area contributed by atoms with Crippen LogP contribution >= 0.6 is 0 Å². The topological polar surface area (TPSA) is 91.2 Å². The van der Waals surface area contributed by atoms with Gasteiger partial charge >= 0.3 is 6.18 Å². The van der Waals surface area contributed by atoms with Crippen LogP contribution in [0, 0.1) is 0 Å². The molecule has 6 nitrogen and oxygen atoms in total. The third kappa shape index (κ3) is 3.82. The van der Waals surface area contributed by atoms with E-state index in [4.69, 9.17) is 0 Å². The van der Waals surface area contributed by atoms with Crippen molar-refractivity contribution in [3.8, 4) is 17.0 Å². The number of pyridine rings is 1. The lowest BCUT2D eigenvalue weighted by Gasteiger charge is -2.29. The molecule has 1 aliphatic carbocycles. The first-order chi connectivity index (χ1) is 13.8. The summed E-state index contributed by atoms with van der Waals surface area (Å²) in [6, 6.07) is 4.26. The number of fused-ring (bicyclic) bond motifs is 1. The Morgan fingerprint density at radius 2 is 1.83 bits per heavy atom. The molecule has 0 bridgehead atoms. The lowest BCUT2D eigenvalue weighted by Crippen LogP contribution is -2.36. The Labute approximate surface area is 164 Å². The fraction of sp³-hybridized carbons (Fsp3) is 0.350. The molecule has 2 aromatic heterocycles. The smallest absolute Gasteiger partial charge is 0.416 e. The number of aromatic hydroxyl groups is 1. The molecule has 3 N–H and O–H groups in total. The van der Waals surface area contributed by atoms with E-state index >= 15 is 0 Å². The number of benzene rings is 1. The van der Waals surface area contributed by atoms with Gasteiger partial charge < -0.3 is 15.5 Å². The van der Waals surface area contributed by atoms with Gasteiger partial charge in [0.05, 0.1) is 17.7 Å². The molecule has 9 heteroatoms. The van der Waals surface area contributed by atoms with Crippen molar-refractivity contribution in [3.05, 3.63) is 42.2 Å². The normalized spacial score (nSPS) is 20.0. The van der Waals surface area contributed by atoms with Gasteiger partial charge in [-0.25, -0.2) is 0 Å². The van der Waals surface area contributed by atoms with Gasteiger partial charge in [-0.05, 0) is 37.1 Å². The van der Waals surface area contributed by atoms with E-state index in [0.717, 1.165) is 25.3 Å². The number of nitrogens with one attached hydrogen (secondary N) is 1. The second-order valence-electron chi connectivity index (χ2n) is 7.15. The van der Waals surface area contributed by atoms with Crippen LogP contribution in [0.15, 0.2) is 36.7 Å². The van der Waals surface area contributed by atoms with Gasteiger partial charge in [0.25, 0.3) is 0 Å². The van der Waals surface area contributed by atoms with Crippen LogP contribution in [-0.4, -0.2) is 37.5 Å². The number of anilines is 1. The molecule has 0 aliphatic heterocycles. The first kappa shape index (κ1) is 19.4. The average molecular weight is 404 g/mol. The second-order valence-corrected chi connectivity index (χ2v) is 7.15. The number of aromatic nitrogens is 3. The largest absolute Gasteiger partial charge is 0.507 e. The summed E-state index contributed by atoms with van der Waals surface area (Å²) in [6.07, 6.45) is 1.54. The molecule has 2 heterocycles. The molecular weight excluding hydrogens is 385 g/mol. The Morgan fingerprint density at radius 1 is 1.03 bits per heavy atom. The number of nitrogens with zero attached hydrogens (tertiary/aromatic N) is 3. The quantitative estimate of drug-likeness (QED) is 0.608. The molecule has 0 unspecified atom stereocenters. The van der Waals surface area contributed by atoms with Crippen molar-refractivity contribution < 1.29 is 23.4 Å². The van der Waals surface area contributed by atoms with Crippen molar-refractivity contribution in [1.29, 1.82) is 0 Å². The summed E-state index contributed by atoms with van der Waals surface area (Å²) in [5, 5.41) is 33.2. The van der Waals surface area contributed by atoms with Crippen LogP contribution in [0.3, 0.4) is 0 Å². The van der Waals surface area contributed by atoms with Gasteiger partial charge in [0, 0.05) is 28.7 Å². The molecule has 152 valence electrons. The van der Waals surface area contributed by atoms with Crippen molar-refractivity contribution >= 4 is 16.6 Å². The Bertz CT molecular complexity index is 1040. The molecule has 1 aliphatic rings. The van der Waals surface area contributed by atoms with Crippen molar-refractivity contribution in [2.75, 3.05) is 5.32 Å². The molecule has 1 fully saturated rings. The van der Waals surface area contributed by atoms with Crippen molar-refractivity contribution in [2.45, 2.75) is 44.0 Å². The fourth-order valence-corrected chi connectivity index (χ4v) is 3.67. The molecule has 2 atom stereocenters. The summed E-state index contributed by atoms with van der Waals surface area (Å²) in [4.78, 5) is 4.11. The SMILES string of the molecule is Oc1cc(C(F)(F)F)ccc1-c1nnc(N[C@H]2CCCC[C@@H]2O)c2cnccc12. The zero-order chi connectivity index (χ0) is 20.6. The van der Waals surface area contributed by atoms with Crippen LogP contribution in [0.5, 0.6) is 5.75 Å². The minimum atomic E-state index is -4.55. The maximum atomic E-state index is 12.9. The van der Waals surface area contributed by atoms with Gasteiger partial charge in [0.1, 0.15) is 11.4 Å². The van der Waals surface area contributed by atoms with E-state index in [1.165, 1.54) is 12.3 Å². The Hall–Kier alpha value is -2.94. The third-order valence-corrected chi connectivity index (χ3v) is 5.21. The number of rotatable bonds is 3. The number of aliphatic hydroxyl groups is 1. The van der Waals surface area contributed by atoms with Crippen LogP contribution in [0.25, 0.3) is 22.0 Å². The highest BCUT2D eigenvalue weighted by Crippen LogP contribution is 2.38. The van der Waals surface area contributed by atoms with E-state index < -0.39 is 23.6 Å². The van der Waals surface area contributed by atoms with Crippen LogP contribution < -0.4 is 5.32 Å². The highest BCUT2D eigenvalue weighted by Gasteiger charge is 2.31. The van der Waals surface area contributed by atoms with Gasteiger partial charge in [-0.15, -0.1) is 10.2 Å². The van der Waals surface area contributed by atoms with Crippen molar-refractivity contribution in [2.24, 2.45) is 0 Å². The predicted molar refractivity (Wildman–Crippen MR) is 101 cm³/mol. The molecule has 1 saturated carbocycles.